The average molecular weight is 313 g/mol. The Hall–Kier alpha value is -3.01. The van der Waals surface area contributed by atoms with Crippen LogP contribution in [0.1, 0.15) is 24.1 Å². The second-order valence-electron chi connectivity index (χ2n) is 4.82. The van der Waals surface area contributed by atoms with Gasteiger partial charge >= 0.3 is 0 Å². The number of aromatic nitrogens is 2. The first-order valence-corrected chi connectivity index (χ1v) is 7.18. The fourth-order valence-corrected chi connectivity index (χ4v) is 2.00. The van der Waals surface area contributed by atoms with E-state index in [1.165, 1.54) is 4.68 Å². The van der Waals surface area contributed by atoms with Gasteiger partial charge in [-0.25, -0.2) is 9.66 Å². The van der Waals surface area contributed by atoms with E-state index in [0.717, 1.165) is 11.3 Å². The number of unbranched alkanes of at least 4 members (excludes halogenated alkanes) is 1. The van der Waals surface area contributed by atoms with Crippen molar-refractivity contribution in [3.8, 4) is 17.6 Å². The number of aryl methyl sites for hydroxylation is 1. The third-order valence-electron chi connectivity index (χ3n) is 3.06. The SMILES string of the molecule is COc1cccc(C=Nn2cc(C)nc2N)c1OCCCC#N. The second-order valence-corrected chi connectivity index (χ2v) is 4.82. The maximum absolute atomic E-state index is 8.59. The van der Waals surface area contributed by atoms with Gasteiger partial charge in [-0.1, -0.05) is 6.07 Å². The molecule has 0 amide bonds. The van der Waals surface area contributed by atoms with Crippen LogP contribution in [0, 0.1) is 18.3 Å². The lowest BCUT2D eigenvalue weighted by atomic mass is 10.2. The first kappa shape index (κ1) is 16.4. The number of hydrogen-bond acceptors (Lipinski definition) is 6. The number of ether oxygens (including phenoxy) is 2. The molecule has 7 nitrogen and oxygen atoms in total. The van der Waals surface area contributed by atoms with Crippen molar-refractivity contribution >= 4 is 12.2 Å². The molecule has 2 rings (SSSR count). The molecule has 0 spiro atoms. The Balaban J connectivity index is 2.23. The summed E-state index contributed by atoms with van der Waals surface area (Å²) in [4.78, 5) is 4.09. The normalized spacial score (nSPS) is 10.7. The largest absolute Gasteiger partial charge is 0.493 e. The van der Waals surface area contributed by atoms with Crippen molar-refractivity contribution in [2.75, 3.05) is 19.5 Å². The molecular weight excluding hydrogens is 294 g/mol. The van der Waals surface area contributed by atoms with Crippen molar-refractivity contribution in [1.82, 2.24) is 9.66 Å². The first-order chi connectivity index (χ1) is 11.2. The summed E-state index contributed by atoms with van der Waals surface area (Å²) in [7, 11) is 1.58. The second kappa shape index (κ2) is 7.84. The molecule has 0 radical (unpaired) electrons. The van der Waals surface area contributed by atoms with E-state index in [-0.39, 0.29) is 0 Å². The molecule has 0 unspecified atom stereocenters. The maximum Gasteiger partial charge on any atom is 0.221 e. The molecule has 2 aromatic rings. The van der Waals surface area contributed by atoms with Gasteiger partial charge in [0.2, 0.25) is 5.95 Å². The summed E-state index contributed by atoms with van der Waals surface area (Å²) >= 11 is 0. The van der Waals surface area contributed by atoms with Crippen molar-refractivity contribution in [3.63, 3.8) is 0 Å². The lowest BCUT2D eigenvalue weighted by Crippen LogP contribution is -2.03. The predicted octanol–water partition coefficient (Wildman–Crippen LogP) is 2.35. The van der Waals surface area contributed by atoms with Crippen LogP contribution < -0.4 is 15.2 Å². The summed E-state index contributed by atoms with van der Waals surface area (Å²) in [5.74, 6) is 1.52. The Morgan fingerprint density at radius 1 is 1.48 bits per heavy atom. The highest BCUT2D eigenvalue weighted by Gasteiger charge is 2.09. The number of imidazole rings is 1. The number of para-hydroxylation sites is 1. The molecule has 0 bridgehead atoms. The monoisotopic (exact) mass is 313 g/mol. The van der Waals surface area contributed by atoms with Crippen LogP contribution in [-0.4, -0.2) is 29.6 Å². The fourth-order valence-electron chi connectivity index (χ4n) is 2.00. The predicted molar refractivity (Wildman–Crippen MR) is 87.7 cm³/mol. The minimum atomic E-state index is 0.318. The number of benzene rings is 1. The zero-order valence-corrected chi connectivity index (χ0v) is 13.2. The molecule has 2 N–H and O–H groups in total. The number of nitrogens with zero attached hydrogens (tertiary/aromatic N) is 4. The Labute approximate surface area is 135 Å². The number of anilines is 1. The molecule has 1 heterocycles. The number of rotatable bonds is 7. The molecule has 7 heteroatoms. The van der Waals surface area contributed by atoms with Gasteiger partial charge in [0.25, 0.3) is 0 Å². The smallest absolute Gasteiger partial charge is 0.221 e. The van der Waals surface area contributed by atoms with Gasteiger partial charge in [-0.15, -0.1) is 0 Å². The molecule has 0 aliphatic carbocycles. The lowest BCUT2D eigenvalue weighted by molar-refractivity contribution is 0.290. The van der Waals surface area contributed by atoms with Gasteiger partial charge in [-0.05, 0) is 25.5 Å². The summed E-state index contributed by atoms with van der Waals surface area (Å²) in [6.45, 7) is 2.28. The van der Waals surface area contributed by atoms with E-state index in [0.29, 0.717) is 36.9 Å². The van der Waals surface area contributed by atoms with Gasteiger partial charge in [0.1, 0.15) is 0 Å². The van der Waals surface area contributed by atoms with Crippen molar-refractivity contribution in [2.45, 2.75) is 19.8 Å². The number of methoxy groups -OCH3 is 1. The summed E-state index contributed by atoms with van der Waals surface area (Å²) in [5, 5.41) is 12.9. The number of hydrogen-bond donors (Lipinski definition) is 1. The summed E-state index contributed by atoms with van der Waals surface area (Å²) < 4.78 is 12.6. The highest BCUT2D eigenvalue weighted by molar-refractivity contribution is 5.85. The summed E-state index contributed by atoms with van der Waals surface area (Å²) in [6.07, 6.45) is 4.47. The van der Waals surface area contributed by atoms with Gasteiger partial charge in [0, 0.05) is 12.0 Å². The average Bonchev–Trinajstić information content (AvgIpc) is 2.87. The van der Waals surface area contributed by atoms with E-state index in [1.54, 1.807) is 19.5 Å². The van der Waals surface area contributed by atoms with Crippen molar-refractivity contribution in [3.05, 3.63) is 35.7 Å². The lowest BCUT2D eigenvalue weighted by Gasteiger charge is -2.12. The first-order valence-electron chi connectivity index (χ1n) is 7.18. The van der Waals surface area contributed by atoms with Crippen LogP contribution in [0.4, 0.5) is 5.95 Å². The molecule has 0 saturated carbocycles. The molecule has 120 valence electrons. The number of nitrogen functional groups attached to an aromatic ring is 1. The van der Waals surface area contributed by atoms with Crippen LogP contribution >= 0.6 is 0 Å². The molecule has 0 atom stereocenters. The van der Waals surface area contributed by atoms with Crippen LogP contribution in [0.2, 0.25) is 0 Å². The highest BCUT2D eigenvalue weighted by Crippen LogP contribution is 2.30. The topological polar surface area (TPSA) is 98.4 Å². The standard InChI is InChI=1S/C16H19N5O2/c1-12-11-21(16(18)20-12)19-10-13-6-5-7-14(22-2)15(13)23-9-4-3-8-17/h5-7,10-11H,3-4,9H2,1-2H3,(H2,18,20). The van der Waals surface area contributed by atoms with Gasteiger partial charge < -0.3 is 15.2 Å². The van der Waals surface area contributed by atoms with Crippen molar-refractivity contribution in [2.24, 2.45) is 5.10 Å². The third-order valence-corrected chi connectivity index (χ3v) is 3.06. The molecule has 0 aliphatic heterocycles. The molecular formula is C16H19N5O2. The summed E-state index contributed by atoms with van der Waals surface area (Å²) in [6, 6.07) is 7.62. The van der Waals surface area contributed by atoms with Crippen LogP contribution in [-0.2, 0) is 0 Å². The quantitative estimate of drug-likeness (QED) is 0.625. The van der Waals surface area contributed by atoms with Crippen molar-refractivity contribution in [1.29, 1.82) is 5.26 Å². The van der Waals surface area contributed by atoms with Crippen LogP contribution in [0.5, 0.6) is 11.5 Å². The molecule has 23 heavy (non-hydrogen) atoms. The summed E-state index contributed by atoms with van der Waals surface area (Å²) in [5.41, 5.74) is 7.31. The Kier molecular flexibility index (Phi) is 5.58. The van der Waals surface area contributed by atoms with Crippen LogP contribution in [0.3, 0.4) is 0 Å². The molecule has 1 aromatic heterocycles. The van der Waals surface area contributed by atoms with Crippen LogP contribution in [0.25, 0.3) is 0 Å². The Morgan fingerprint density at radius 2 is 2.30 bits per heavy atom. The van der Waals surface area contributed by atoms with E-state index in [2.05, 4.69) is 16.2 Å². The van der Waals surface area contributed by atoms with Gasteiger partial charge in [0.15, 0.2) is 11.5 Å². The fraction of sp³-hybridized carbons (Fsp3) is 0.312. The number of nitriles is 1. The maximum atomic E-state index is 8.59. The minimum absolute atomic E-state index is 0.318. The van der Waals surface area contributed by atoms with Crippen molar-refractivity contribution < 1.29 is 9.47 Å². The molecule has 0 fully saturated rings. The third kappa shape index (κ3) is 4.23. The van der Waals surface area contributed by atoms with Crippen LogP contribution in [0.15, 0.2) is 29.5 Å². The highest BCUT2D eigenvalue weighted by atomic mass is 16.5. The zero-order valence-electron chi connectivity index (χ0n) is 13.2. The van der Waals surface area contributed by atoms with E-state index >= 15 is 0 Å². The van der Waals surface area contributed by atoms with Gasteiger partial charge in [-0.3, -0.25) is 0 Å². The zero-order chi connectivity index (χ0) is 16.7. The molecule has 0 aliphatic rings. The molecule has 0 saturated heterocycles. The van der Waals surface area contributed by atoms with Gasteiger partial charge in [-0.2, -0.15) is 10.4 Å². The van der Waals surface area contributed by atoms with E-state index in [4.69, 9.17) is 20.5 Å². The van der Waals surface area contributed by atoms with E-state index in [9.17, 15) is 0 Å². The van der Waals surface area contributed by atoms with Gasteiger partial charge in [0.05, 0.1) is 37.9 Å². The Bertz CT molecular complexity index is 731. The minimum Gasteiger partial charge on any atom is -0.493 e. The Morgan fingerprint density at radius 3 is 2.96 bits per heavy atom. The number of nitrogens with two attached hydrogens (primary N) is 1. The van der Waals surface area contributed by atoms with E-state index in [1.807, 2.05) is 25.1 Å². The molecule has 1 aromatic carbocycles. The van der Waals surface area contributed by atoms with E-state index < -0.39 is 0 Å².